The van der Waals surface area contributed by atoms with E-state index in [1.54, 1.807) is 7.11 Å². The number of rotatable bonds is 7. The highest BCUT2D eigenvalue weighted by atomic mass is 16.5. The van der Waals surface area contributed by atoms with E-state index in [1.165, 1.54) is 0 Å². The average molecular weight is 291 g/mol. The molecule has 0 saturated heterocycles. The first-order chi connectivity index (χ1) is 9.99. The second-order valence-corrected chi connectivity index (χ2v) is 5.59. The number of nitrogens with one attached hydrogen (secondary N) is 1. The lowest BCUT2D eigenvalue weighted by atomic mass is 10.1. The average Bonchev–Trinajstić information content (AvgIpc) is 3.24. The summed E-state index contributed by atoms with van der Waals surface area (Å²) in [4.78, 5) is 22.9. The van der Waals surface area contributed by atoms with Crippen LogP contribution < -0.4 is 10.1 Å². The van der Waals surface area contributed by atoms with Crippen LogP contribution in [0.2, 0.25) is 0 Å². The number of methoxy groups -OCH3 is 1. The number of carboxylic acids is 1. The SMILES string of the molecule is COc1cc(CC(=O)NC(CC(=O)O)C2CC2)ccc1C. The van der Waals surface area contributed by atoms with Crippen molar-refractivity contribution in [1.82, 2.24) is 5.32 Å². The highest BCUT2D eigenvalue weighted by Gasteiger charge is 2.33. The van der Waals surface area contributed by atoms with Crippen LogP contribution in [0.5, 0.6) is 5.75 Å². The third kappa shape index (κ3) is 4.48. The molecule has 5 heteroatoms. The molecule has 0 aliphatic heterocycles. The van der Waals surface area contributed by atoms with Gasteiger partial charge in [0.2, 0.25) is 5.91 Å². The van der Waals surface area contributed by atoms with Gasteiger partial charge in [0.25, 0.3) is 0 Å². The number of benzene rings is 1. The van der Waals surface area contributed by atoms with Crippen molar-refractivity contribution >= 4 is 11.9 Å². The van der Waals surface area contributed by atoms with Crippen molar-refractivity contribution in [1.29, 1.82) is 0 Å². The summed E-state index contributed by atoms with van der Waals surface area (Å²) in [5, 5.41) is 11.7. The lowest BCUT2D eigenvalue weighted by Crippen LogP contribution is -2.38. The second-order valence-electron chi connectivity index (χ2n) is 5.59. The second kappa shape index (κ2) is 6.61. The Morgan fingerprint density at radius 3 is 2.71 bits per heavy atom. The van der Waals surface area contributed by atoms with E-state index in [0.29, 0.717) is 5.92 Å². The van der Waals surface area contributed by atoms with E-state index < -0.39 is 5.97 Å². The first-order valence-electron chi connectivity index (χ1n) is 7.14. The Morgan fingerprint density at radius 2 is 2.14 bits per heavy atom. The molecule has 1 aliphatic rings. The van der Waals surface area contributed by atoms with Crippen molar-refractivity contribution in [3.8, 4) is 5.75 Å². The van der Waals surface area contributed by atoms with Crippen LogP contribution in [0.4, 0.5) is 0 Å². The number of aliphatic carboxylic acids is 1. The quantitative estimate of drug-likeness (QED) is 0.804. The maximum absolute atomic E-state index is 12.1. The summed E-state index contributed by atoms with van der Waals surface area (Å²) < 4.78 is 5.24. The lowest BCUT2D eigenvalue weighted by Gasteiger charge is -2.16. The van der Waals surface area contributed by atoms with Crippen LogP contribution in [0.3, 0.4) is 0 Å². The molecule has 0 radical (unpaired) electrons. The smallest absolute Gasteiger partial charge is 0.305 e. The van der Waals surface area contributed by atoms with E-state index in [1.807, 2.05) is 25.1 Å². The molecule has 1 aliphatic carbocycles. The maximum atomic E-state index is 12.1. The highest BCUT2D eigenvalue weighted by Crippen LogP contribution is 2.34. The van der Waals surface area contributed by atoms with Crippen LogP contribution in [-0.4, -0.2) is 30.1 Å². The molecular formula is C16H21NO4. The molecule has 0 bridgehead atoms. The van der Waals surface area contributed by atoms with Gasteiger partial charge in [0.1, 0.15) is 5.75 Å². The van der Waals surface area contributed by atoms with E-state index in [2.05, 4.69) is 5.32 Å². The Bertz CT molecular complexity index is 537. The van der Waals surface area contributed by atoms with E-state index in [0.717, 1.165) is 29.7 Å². The number of carbonyl (C=O) groups is 2. The molecule has 1 saturated carbocycles. The number of aryl methyl sites for hydroxylation is 1. The van der Waals surface area contributed by atoms with Crippen molar-refractivity contribution in [3.63, 3.8) is 0 Å². The van der Waals surface area contributed by atoms with E-state index >= 15 is 0 Å². The van der Waals surface area contributed by atoms with Gasteiger partial charge in [-0.3, -0.25) is 9.59 Å². The fourth-order valence-corrected chi connectivity index (χ4v) is 2.44. The van der Waals surface area contributed by atoms with Crippen LogP contribution in [0.15, 0.2) is 18.2 Å². The molecule has 114 valence electrons. The van der Waals surface area contributed by atoms with Gasteiger partial charge in [0.15, 0.2) is 0 Å². The monoisotopic (exact) mass is 291 g/mol. The van der Waals surface area contributed by atoms with Crippen molar-refractivity contribution in [2.24, 2.45) is 5.92 Å². The minimum Gasteiger partial charge on any atom is -0.496 e. The van der Waals surface area contributed by atoms with Gasteiger partial charge in [-0.15, -0.1) is 0 Å². The standard InChI is InChI=1S/C16H21NO4/c1-10-3-4-11(7-14(10)21-2)8-15(18)17-13(9-16(19)20)12-5-6-12/h3-4,7,12-13H,5-6,8-9H2,1-2H3,(H,17,18)(H,19,20). The minimum atomic E-state index is -0.871. The summed E-state index contributed by atoms with van der Waals surface area (Å²) in [5.74, 6) is 0.0606. The molecule has 1 fully saturated rings. The minimum absolute atomic E-state index is 0.00632. The highest BCUT2D eigenvalue weighted by molar-refractivity contribution is 5.80. The number of hydrogen-bond acceptors (Lipinski definition) is 3. The molecule has 5 nitrogen and oxygen atoms in total. The van der Waals surface area contributed by atoms with Gasteiger partial charge < -0.3 is 15.2 Å². The zero-order chi connectivity index (χ0) is 15.4. The normalized spacial score (nSPS) is 15.3. The van der Waals surface area contributed by atoms with E-state index in [4.69, 9.17) is 9.84 Å². The van der Waals surface area contributed by atoms with Crippen molar-refractivity contribution in [3.05, 3.63) is 29.3 Å². The molecule has 2 rings (SSSR count). The van der Waals surface area contributed by atoms with Gasteiger partial charge in [-0.2, -0.15) is 0 Å². The topological polar surface area (TPSA) is 75.6 Å². The fourth-order valence-electron chi connectivity index (χ4n) is 2.44. The predicted octanol–water partition coefficient (Wildman–Crippen LogP) is 1.92. The molecular weight excluding hydrogens is 270 g/mol. The number of carboxylic acid groups (broad SMARTS) is 1. The number of ether oxygens (including phenoxy) is 1. The van der Waals surface area contributed by atoms with Crippen molar-refractivity contribution < 1.29 is 19.4 Å². The van der Waals surface area contributed by atoms with Crippen LogP contribution in [0.1, 0.15) is 30.4 Å². The van der Waals surface area contributed by atoms with Gasteiger partial charge in [-0.25, -0.2) is 0 Å². The Balaban J connectivity index is 1.95. The lowest BCUT2D eigenvalue weighted by molar-refractivity contribution is -0.137. The summed E-state index contributed by atoms with van der Waals surface area (Å²) >= 11 is 0. The molecule has 21 heavy (non-hydrogen) atoms. The van der Waals surface area contributed by atoms with Crippen molar-refractivity contribution in [2.45, 2.75) is 38.6 Å². The summed E-state index contributed by atoms with van der Waals surface area (Å²) in [6.45, 7) is 1.94. The summed E-state index contributed by atoms with van der Waals surface area (Å²) in [6.07, 6.45) is 2.22. The van der Waals surface area contributed by atoms with Gasteiger partial charge in [-0.05, 0) is 42.9 Å². The first kappa shape index (κ1) is 15.4. The predicted molar refractivity (Wildman–Crippen MR) is 78.3 cm³/mol. The maximum Gasteiger partial charge on any atom is 0.305 e. The van der Waals surface area contributed by atoms with E-state index in [-0.39, 0.29) is 24.8 Å². The summed E-state index contributed by atoms with van der Waals surface area (Å²) in [6, 6.07) is 5.40. The third-order valence-corrected chi connectivity index (χ3v) is 3.77. The van der Waals surface area contributed by atoms with Gasteiger partial charge in [-0.1, -0.05) is 12.1 Å². The van der Waals surface area contributed by atoms with Crippen molar-refractivity contribution in [2.75, 3.05) is 7.11 Å². The Kier molecular flexibility index (Phi) is 4.83. The number of hydrogen-bond donors (Lipinski definition) is 2. The molecule has 0 aromatic heterocycles. The van der Waals surface area contributed by atoms with Crippen LogP contribution in [0.25, 0.3) is 0 Å². The van der Waals surface area contributed by atoms with E-state index in [9.17, 15) is 9.59 Å². The number of carbonyl (C=O) groups excluding carboxylic acids is 1. The zero-order valence-corrected chi connectivity index (χ0v) is 12.4. The molecule has 1 unspecified atom stereocenters. The molecule has 1 atom stereocenters. The molecule has 0 spiro atoms. The Morgan fingerprint density at radius 1 is 1.43 bits per heavy atom. The Labute approximate surface area is 124 Å². The summed E-state index contributed by atoms with van der Waals surface area (Å²) in [7, 11) is 1.60. The molecule has 2 N–H and O–H groups in total. The first-order valence-corrected chi connectivity index (χ1v) is 7.14. The largest absolute Gasteiger partial charge is 0.496 e. The molecule has 1 amide bonds. The van der Waals surface area contributed by atoms with Crippen LogP contribution in [-0.2, 0) is 16.0 Å². The van der Waals surface area contributed by atoms with Gasteiger partial charge in [0, 0.05) is 6.04 Å². The van der Waals surface area contributed by atoms with Gasteiger partial charge in [0.05, 0.1) is 20.0 Å². The third-order valence-electron chi connectivity index (χ3n) is 3.77. The fraction of sp³-hybridized carbons (Fsp3) is 0.500. The number of amides is 1. The van der Waals surface area contributed by atoms with Crippen LogP contribution in [0, 0.1) is 12.8 Å². The molecule has 0 heterocycles. The zero-order valence-electron chi connectivity index (χ0n) is 12.4. The Hall–Kier alpha value is -2.04. The molecule has 1 aromatic carbocycles. The summed E-state index contributed by atoms with van der Waals surface area (Å²) in [5.41, 5.74) is 1.88. The van der Waals surface area contributed by atoms with Gasteiger partial charge >= 0.3 is 5.97 Å². The van der Waals surface area contributed by atoms with Crippen LogP contribution >= 0.6 is 0 Å². The molecule has 1 aromatic rings.